The van der Waals surface area contributed by atoms with Gasteiger partial charge in [0.25, 0.3) is 0 Å². The van der Waals surface area contributed by atoms with Gasteiger partial charge in [0.15, 0.2) is 5.76 Å². The average molecular weight is 215 g/mol. The first-order valence-electron chi connectivity index (χ1n) is 4.46. The number of nitrogens with zero attached hydrogens (tertiary/aromatic N) is 1. The number of aromatic nitrogens is 1. The predicted molar refractivity (Wildman–Crippen MR) is 52.7 cm³/mol. The van der Waals surface area contributed by atoms with Gasteiger partial charge in [0.1, 0.15) is 12.3 Å². The van der Waals surface area contributed by atoms with E-state index >= 15 is 0 Å². The second-order valence-electron chi connectivity index (χ2n) is 3.15. The van der Waals surface area contributed by atoms with Crippen molar-refractivity contribution in [3.8, 4) is 0 Å². The summed E-state index contributed by atoms with van der Waals surface area (Å²) in [6.07, 6.45) is 0.818. The van der Waals surface area contributed by atoms with Crippen LogP contribution in [0.3, 0.4) is 0 Å². The van der Waals surface area contributed by atoms with Crippen LogP contribution in [0.1, 0.15) is 17.9 Å². The van der Waals surface area contributed by atoms with E-state index in [1.54, 1.807) is 6.07 Å². The normalized spacial score (nSPS) is 17.6. The molecule has 0 saturated heterocycles. The molecule has 2 heterocycles. The van der Waals surface area contributed by atoms with Gasteiger partial charge in [0.2, 0.25) is 0 Å². The van der Waals surface area contributed by atoms with Crippen LogP contribution in [0.5, 0.6) is 0 Å². The Bertz CT molecular complexity index is 359. The van der Waals surface area contributed by atoms with Gasteiger partial charge in [-0.3, -0.25) is 0 Å². The highest BCUT2D eigenvalue weighted by molar-refractivity contribution is 6.32. The highest BCUT2D eigenvalue weighted by Gasteiger charge is 2.15. The number of hydrogen-bond acceptors (Lipinski definition) is 4. The van der Waals surface area contributed by atoms with Crippen LogP contribution in [0.4, 0.5) is 0 Å². The summed E-state index contributed by atoms with van der Waals surface area (Å²) in [5, 5.41) is 16.7. The monoisotopic (exact) mass is 214 g/mol. The lowest BCUT2D eigenvalue weighted by Crippen LogP contribution is -2.23. The Morgan fingerprint density at radius 2 is 2.50 bits per heavy atom. The molecule has 2 rings (SSSR count). The first-order valence-corrected chi connectivity index (χ1v) is 4.84. The van der Waals surface area contributed by atoms with E-state index in [1.807, 2.05) is 0 Å². The number of halogens is 1. The van der Waals surface area contributed by atoms with Crippen molar-refractivity contribution >= 4 is 17.2 Å². The Labute approximate surface area is 86.5 Å². The van der Waals surface area contributed by atoms with E-state index in [0.717, 1.165) is 23.6 Å². The fraction of sp³-hybridized carbons (Fsp3) is 0.444. The molecule has 0 aromatic carbocycles. The molecule has 0 aliphatic carbocycles. The van der Waals surface area contributed by atoms with Crippen LogP contribution in [0.2, 0.25) is 0 Å². The minimum absolute atomic E-state index is 0.134. The summed E-state index contributed by atoms with van der Waals surface area (Å²) in [5.41, 5.74) is 1.67. The summed E-state index contributed by atoms with van der Waals surface area (Å²) >= 11 is 6.07. The Kier molecular flexibility index (Phi) is 2.86. The molecule has 1 aromatic heterocycles. The Morgan fingerprint density at radius 1 is 1.64 bits per heavy atom. The smallest absolute Gasteiger partial charge is 0.162 e. The maximum absolute atomic E-state index is 8.82. The lowest BCUT2D eigenvalue weighted by Gasteiger charge is -2.14. The second-order valence-corrected chi connectivity index (χ2v) is 3.60. The zero-order chi connectivity index (χ0) is 9.97. The maximum atomic E-state index is 8.82. The van der Waals surface area contributed by atoms with Gasteiger partial charge in [-0.2, -0.15) is 0 Å². The molecular weight excluding hydrogens is 204 g/mol. The lowest BCUT2D eigenvalue weighted by molar-refractivity contribution is 0.229. The van der Waals surface area contributed by atoms with E-state index in [0.29, 0.717) is 18.0 Å². The fourth-order valence-electron chi connectivity index (χ4n) is 1.42. The quantitative estimate of drug-likeness (QED) is 0.775. The van der Waals surface area contributed by atoms with Crippen molar-refractivity contribution in [3.63, 3.8) is 0 Å². The molecular formula is C9H11ClN2O2. The second kappa shape index (κ2) is 4.13. The fourth-order valence-corrected chi connectivity index (χ4v) is 1.68. The Morgan fingerprint density at radius 3 is 3.14 bits per heavy atom. The van der Waals surface area contributed by atoms with Crippen molar-refractivity contribution in [1.82, 2.24) is 10.5 Å². The third kappa shape index (κ3) is 1.82. The zero-order valence-electron chi connectivity index (χ0n) is 7.59. The molecule has 0 unspecified atom stereocenters. The predicted octanol–water partition coefficient (Wildman–Crippen LogP) is 1.11. The van der Waals surface area contributed by atoms with E-state index < -0.39 is 0 Å². The summed E-state index contributed by atoms with van der Waals surface area (Å²) < 4.78 is 4.89. The largest absolute Gasteiger partial charge is 0.388 e. The molecule has 1 aliphatic rings. The number of hydrogen-bond donors (Lipinski definition) is 2. The minimum atomic E-state index is -0.134. The standard InChI is InChI=1S/C9H11ClN2O2/c10-8-1-2-11-4-7(8)9-3-6(5-13)14-12-9/h3,11,13H,1-2,4-5H2. The first kappa shape index (κ1) is 9.71. The van der Waals surface area contributed by atoms with E-state index in [4.69, 9.17) is 21.2 Å². The third-order valence-corrected chi connectivity index (χ3v) is 2.59. The summed E-state index contributed by atoms with van der Waals surface area (Å²) in [4.78, 5) is 0. The van der Waals surface area contributed by atoms with E-state index in [9.17, 15) is 0 Å². The van der Waals surface area contributed by atoms with Crippen molar-refractivity contribution in [2.45, 2.75) is 13.0 Å². The molecule has 2 N–H and O–H groups in total. The molecule has 0 amide bonds. The van der Waals surface area contributed by atoms with Gasteiger partial charge in [-0.05, 0) is 6.42 Å². The highest BCUT2D eigenvalue weighted by Crippen LogP contribution is 2.25. The molecule has 5 heteroatoms. The van der Waals surface area contributed by atoms with Crippen LogP contribution < -0.4 is 5.32 Å². The molecule has 0 atom stereocenters. The van der Waals surface area contributed by atoms with Gasteiger partial charge in [-0.15, -0.1) is 0 Å². The van der Waals surface area contributed by atoms with Crippen molar-refractivity contribution in [1.29, 1.82) is 0 Å². The zero-order valence-corrected chi connectivity index (χ0v) is 8.34. The molecule has 0 radical (unpaired) electrons. The van der Waals surface area contributed by atoms with Crippen molar-refractivity contribution in [2.24, 2.45) is 0 Å². The summed E-state index contributed by atoms with van der Waals surface area (Å²) in [5.74, 6) is 0.461. The lowest BCUT2D eigenvalue weighted by atomic mass is 10.1. The van der Waals surface area contributed by atoms with Gasteiger partial charge in [0.05, 0.1) is 0 Å². The molecule has 76 valence electrons. The van der Waals surface area contributed by atoms with Crippen LogP contribution in [0.25, 0.3) is 5.57 Å². The molecule has 0 spiro atoms. The Hall–Kier alpha value is -0.840. The average Bonchev–Trinajstić information content (AvgIpc) is 2.67. The third-order valence-electron chi connectivity index (χ3n) is 2.17. The van der Waals surface area contributed by atoms with Crippen molar-refractivity contribution in [2.75, 3.05) is 13.1 Å². The highest BCUT2D eigenvalue weighted by atomic mass is 35.5. The van der Waals surface area contributed by atoms with Gasteiger partial charge in [-0.1, -0.05) is 16.8 Å². The summed E-state index contributed by atoms with van der Waals surface area (Å²) in [7, 11) is 0. The van der Waals surface area contributed by atoms with E-state index in [-0.39, 0.29) is 6.61 Å². The summed E-state index contributed by atoms with van der Waals surface area (Å²) in [6, 6.07) is 1.71. The number of aliphatic hydroxyl groups is 1. The first-order chi connectivity index (χ1) is 6.81. The number of aliphatic hydroxyl groups excluding tert-OH is 1. The molecule has 0 saturated carbocycles. The molecule has 4 nitrogen and oxygen atoms in total. The van der Waals surface area contributed by atoms with Crippen LogP contribution in [0.15, 0.2) is 15.6 Å². The SMILES string of the molecule is OCc1cc(C2=C(Cl)CCNC2)no1. The molecule has 1 aromatic rings. The molecule has 0 fully saturated rings. The van der Waals surface area contributed by atoms with Crippen LogP contribution in [0, 0.1) is 0 Å². The molecule has 1 aliphatic heterocycles. The minimum Gasteiger partial charge on any atom is -0.388 e. The number of nitrogens with one attached hydrogen (secondary N) is 1. The van der Waals surface area contributed by atoms with Gasteiger partial charge < -0.3 is 14.9 Å². The van der Waals surface area contributed by atoms with Crippen LogP contribution in [-0.2, 0) is 6.61 Å². The van der Waals surface area contributed by atoms with Crippen molar-refractivity contribution in [3.05, 3.63) is 22.6 Å². The van der Waals surface area contributed by atoms with E-state index in [1.165, 1.54) is 0 Å². The Balaban J connectivity index is 2.29. The van der Waals surface area contributed by atoms with Gasteiger partial charge in [0, 0.05) is 29.8 Å². The van der Waals surface area contributed by atoms with Crippen LogP contribution >= 0.6 is 11.6 Å². The maximum Gasteiger partial charge on any atom is 0.162 e. The van der Waals surface area contributed by atoms with E-state index in [2.05, 4.69) is 10.5 Å². The van der Waals surface area contributed by atoms with Gasteiger partial charge >= 0.3 is 0 Å². The molecule has 0 bridgehead atoms. The van der Waals surface area contributed by atoms with Gasteiger partial charge in [-0.25, -0.2) is 0 Å². The topological polar surface area (TPSA) is 58.3 Å². The molecule has 14 heavy (non-hydrogen) atoms. The van der Waals surface area contributed by atoms with Crippen LogP contribution in [-0.4, -0.2) is 23.4 Å². The summed E-state index contributed by atoms with van der Waals surface area (Å²) in [6.45, 7) is 1.47. The van der Waals surface area contributed by atoms with Crippen molar-refractivity contribution < 1.29 is 9.63 Å². The number of rotatable bonds is 2.